The van der Waals surface area contributed by atoms with Gasteiger partial charge in [-0.3, -0.25) is 4.79 Å². The highest BCUT2D eigenvalue weighted by Crippen LogP contribution is 2.36. The van der Waals surface area contributed by atoms with Crippen molar-refractivity contribution in [2.24, 2.45) is 16.8 Å². The Morgan fingerprint density at radius 1 is 1.06 bits per heavy atom. The van der Waals surface area contributed by atoms with Gasteiger partial charge >= 0.3 is 6.03 Å². The van der Waals surface area contributed by atoms with E-state index in [1.54, 1.807) is 31.0 Å². The highest BCUT2D eigenvalue weighted by molar-refractivity contribution is 6.12. The van der Waals surface area contributed by atoms with Crippen molar-refractivity contribution < 1.29 is 14.0 Å². The number of carbonyl (C=O) groups is 2. The summed E-state index contributed by atoms with van der Waals surface area (Å²) in [6.07, 6.45) is 3.82. The number of nitrogens with zero attached hydrogens (tertiary/aromatic N) is 3. The van der Waals surface area contributed by atoms with Crippen molar-refractivity contribution in [3.63, 3.8) is 0 Å². The van der Waals surface area contributed by atoms with Gasteiger partial charge in [-0.1, -0.05) is 18.2 Å². The molecule has 4 aliphatic rings. The molecule has 1 atom stereocenters. The molecule has 0 spiro atoms. The second kappa shape index (κ2) is 10.2. The van der Waals surface area contributed by atoms with E-state index in [4.69, 9.17) is 4.99 Å². The van der Waals surface area contributed by atoms with Crippen LogP contribution in [0.25, 0.3) is 0 Å². The van der Waals surface area contributed by atoms with Crippen molar-refractivity contribution in [3.05, 3.63) is 59.4 Å². The fourth-order valence-corrected chi connectivity index (χ4v) is 5.28. The number of benzene rings is 2. The zero-order chi connectivity index (χ0) is 23.8. The van der Waals surface area contributed by atoms with Crippen LogP contribution in [-0.4, -0.2) is 49.0 Å². The van der Waals surface area contributed by atoms with Crippen LogP contribution in [0.1, 0.15) is 36.8 Å². The predicted octanol–water partition coefficient (Wildman–Crippen LogP) is 4.55. The van der Waals surface area contributed by atoms with Crippen LogP contribution in [0.2, 0.25) is 0 Å². The SMILES string of the molecule is Cc1ccc(NC(=O)NC2N=C(N3CC4CCC(CC4)C3)c3ccccc3N(C)C2=O)cc1F.Cl. The average Bonchev–Trinajstić information content (AvgIpc) is 3.20. The largest absolute Gasteiger partial charge is 0.356 e. The van der Waals surface area contributed by atoms with E-state index in [1.165, 1.54) is 31.7 Å². The molecule has 3 aliphatic heterocycles. The van der Waals surface area contributed by atoms with E-state index < -0.39 is 18.0 Å². The molecule has 3 fully saturated rings. The molecular weight excluding hydrogens is 469 g/mol. The lowest BCUT2D eigenvalue weighted by Gasteiger charge is -2.27. The summed E-state index contributed by atoms with van der Waals surface area (Å²) in [6, 6.07) is 11.6. The molecule has 2 N–H and O–H groups in total. The number of aliphatic imine (C=N–C) groups is 1. The molecule has 3 amide bonds. The lowest BCUT2D eigenvalue weighted by molar-refractivity contribution is -0.119. The van der Waals surface area contributed by atoms with Crippen molar-refractivity contribution in [1.29, 1.82) is 0 Å². The molecule has 2 aromatic rings. The number of hydrogen-bond acceptors (Lipinski definition) is 4. The fraction of sp³-hybridized carbons (Fsp3) is 0.423. The number of amides is 3. The Kier molecular flexibility index (Phi) is 7.31. The zero-order valence-corrected chi connectivity index (χ0v) is 20.8. The maximum Gasteiger partial charge on any atom is 0.321 e. The number of halogens is 2. The van der Waals surface area contributed by atoms with Crippen molar-refractivity contribution in [2.75, 3.05) is 30.4 Å². The van der Waals surface area contributed by atoms with Crippen molar-refractivity contribution in [2.45, 2.75) is 38.8 Å². The maximum absolute atomic E-state index is 13.9. The number of urea groups is 1. The standard InChI is InChI=1S/C26H30FN5O2.ClH/c1-16-7-12-19(13-21(16)27)28-26(34)30-23-25(33)31(2)22-6-4-3-5-20(22)24(29-23)32-14-17-8-9-18(15-32)11-10-17;/h3-7,12-13,17-18,23H,8-11,14-15H2,1-2H3,(H2,28,30,34);1H. The van der Waals surface area contributed by atoms with E-state index in [2.05, 4.69) is 15.5 Å². The molecule has 0 aromatic heterocycles. The number of hydrogen-bond donors (Lipinski definition) is 2. The molecule has 0 radical (unpaired) electrons. The van der Waals surface area contributed by atoms with E-state index in [1.807, 2.05) is 24.3 Å². The molecule has 3 heterocycles. The monoisotopic (exact) mass is 499 g/mol. The molecule has 1 unspecified atom stereocenters. The Morgan fingerprint density at radius 3 is 2.37 bits per heavy atom. The lowest BCUT2D eigenvalue weighted by atomic mass is 9.84. The number of nitrogens with one attached hydrogen (secondary N) is 2. The number of carbonyl (C=O) groups excluding carboxylic acids is 2. The van der Waals surface area contributed by atoms with Crippen LogP contribution >= 0.6 is 12.4 Å². The Labute approximate surface area is 211 Å². The van der Waals surface area contributed by atoms with Crippen molar-refractivity contribution in [3.8, 4) is 0 Å². The third-order valence-corrected chi connectivity index (χ3v) is 7.24. The number of likely N-dealkylation sites (N-methyl/N-ethyl adjacent to an activating group) is 1. The normalized spacial score (nSPS) is 23.5. The zero-order valence-electron chi connectivity index (χ0n) is 20.0. The number of rotatable bonds is 2. The summed E-state index contributed by atoms with van der Waals surface area (Å²) in [6.45, 7) is 3.47. The maximum atomic E-state index is 13.9. The summed E-state index contributed by atoms with van der Waals surface area (Å²) < 4.78 is 13.9. The summed E-state index contributed by atoms with van der Waals surface area (Å²) >= 11 is 0. The molecule has 35 heavy (non-hydrogen) atoms. The molecule has 2 bridgehead atoms. The molecule has 1 saturated carbocycles. The van der Waals surface area contributed by atoms with Crippen molar-refractivity contribution in [1.82, 2.24) is 10.2 Å². The second-order valence-electron chi connectivity index (χ2n) is 9.62. The first-order valence-corrected chi connectivity index (χ1v) is 11.9. The number of benzodiazepines with no additional fused rings is 1. The lowest BCUT2D eigenvalue weighted by Crippen LogP contribution is -2.47. The highest BCUT2D eigenvalue weighted by Gasteiger charge is 2.36. The van der Waals surface area contributed by atoms with Gasteiger partial charge in [-0.2, -0.15) is 0 Å². The minimum Gasteiger partial charge on any atom is -0.356 e. The van der Waals surface area contributed by atoms with Crippen LogP contribution in [0.3, 0.4) is 0 Å². The van der Waals surface area contributed by atoms with Gasteiger partial charge in [0.15, 0.2) is 0 Å². The summed E-state index contributed by atoms with van der Waals surface area (Å²) in [7, 11) is 1.70. The molecule has 6 rings (SSSR count). The van der Waals surface area contributed by atoms with Gasteiger partial charge in [0.2, 0.25) is 6.17 Å². The van der Waals surface area contributed by atoms with Gasteiger partial charge in [0.1, 0.15) is 11.7 Å². The molecule has 2 saturated heterocycles. The number of aryl methyl sites for hydroxylation is 1. The Bertz CT molecular complexity index is 1130. The number of anilines is 2. The first kappa shape index (κ1) is 25.0. The van der Waals surface area contributed by atoms with Crippen LogP contribution < -0.4 is 15.5 Å². The van der Waals surface area contributed by atoms with Gasteiger partial charge in [0, 0.05) is 31.4 Å². The fourth-order valence-electron chi connectivity index (χ4n) is 5.28. The van der Waals surface area contributed by atoms with E-state index in [9.17, 15) is 14.0 Å². The summed E-state index contributed by atoms with van der Waals surface area (Å²) in [5.74, 6) is 1.26. The van der Waals surface area contributed by atoms with Crippen LogP contribution in [0, 0.1) is 24.6 Å². The number of fused-ring (bicyclic) bond motifs is 5. The Morgan fingerprint density at radius 2 is 1.71 bits per heavy atom. The Balaban J connectivity index is 0.00000289. The molecule has 186 valence electrons. The first-order valence-electron chi connectivity index (χ1n) is 11.9. The van der Waals surface area contributed by atoms with Gasteiger partial charge < -0.3 is 20.4 Å². The summed E-state index contributed by atoms with van der Waals surface area (Å²) in [5, 5.41) is 5.32. The highest BCUT2D eigenvalue weighted by atomic mass is 35.5. The van der Waals surface area contributed by atoms with Crippen LogP contribution in [0.15, 0.2) is 47.5 Å². The summed E-state index contributed by atoms with van der Waals surface area (Å²) in [5.41, 5.74) is 2.47. The molecule has 9 heteroatoms. The van der Waals surface area contributed by atoms with Crippen LogP contribution in [0.4, 0.5) is 20.6 Å². The van der Waals surface area contributed by atoms with Crippen LogP contribution in [0.5, 0.6) is 0 Å². The van der Waals surface area contributed by atoms with Crippen LogP contribution in [-0.2, 0) is 4.79 Å². The topological polar surface area (TPSA) is 77.0 Å². The van der Waals surface area contributed by atoms with E-state index >= 15 is 0 Å². The predicted molar refractivity (Wildman–Crippen MR) is 138 cm³/mol. The average molecular weight is 500 g/mol. The summed E-state index contributed by atoms with van der Waals surface area (Å²) in [4.78, 5) is 34.8. The Hall–Kier alpha value is -3.13. The van der Waals surface area contributed by atoms with Gasteiger partial charge in [-0.05, 0) is 74.3 Å². The van der Waals surface area contributed by atoms with Gasteiger partial charge in [-0.15, -0.1) is 12.4 Å². The molecular formula is C26H31ClFN5O2. The minimum absolute atomic E-state index is 0. The second-order valence-corrected chi connectivity index (χ2v) is 9.62. The molecule has 7 nitrogen and oxygen atoms in total. The number of para-hydroxylation sites is 1. The third kappa shape index (κ3) is 5.12. The van der Waals surface area contributed by atoms with Crippen molar-refractivity contribution >= 4 is 41.6 Å². The first-order chi connectivity index (χ1) is 16.4. The molecule has 2 aromatic carbocycles. The number of amidine groups is 1. The quantitative estimate of drug-likeness (QED) is 0.636. The van der Waals surface area contributed by atoms with Gasteiger partial charge in [-0.25, -0.2) is 14.2 Å². The van der Waals surface area contributed by atoms with E-state index in [-0.39, 0.29) is 18.3 Å². The molecule has 1 aliphatic carbocycles. The minimum atomic E-state index is -1.09. The van der Waals surface area contributed by atoms with Gasteiger partial charge in [0.25, 0.3) is 5.91 Å². The smallest absolute Gasteiger partial charge is 0.321 e. The third-order valence-electron chi connectivity index (χ3n) is 7.24. The van der Waals surface area contributed by atoms with E-state index in [0.717, 1.165) is 30.2 Å². The van der Waals surface area contributed by atoms with E-state index in [0.29, 0.717) is 23.1 Å². The van der Waals surface area contributed by atoms with Gasteiger partial charge in [0.05, 0.1) is 5.69 Å².